The molecule has 0 aromatic heterocycles. The summed E-state index contributed by atoms with van der Waals surface area (Å²) in [5.41, 5.74) is 1.20. The normalized spacial score (nSPS) is 15.1. The Bertz CT molecular complexity index is 479. The van der Waals surface area contributed by atoms with Gasteiger partial charge in [-0.1, -0.05) is 17.7 Å². The van der Waals surface area contributed by atoms with Crippen molar-refractivity contribution in [2.75, 3.05) is 57.8 Å². The van der Waals surface area contributed by atoms with E-state index in [1.165, 1.54) is 5.69 Å². The third kappa shape index (κ3) is 6.96. The molecule has 1 aromatic rings. The molecule has 1 saturated heterocycles. The van der Waals surface area contributed by atoms with Crippen LogP contribution >= 0.6 is 24.0 Å². The summed E-state index contributed by atoms with van der Waals surface area (Å²) < 4.78 is 0. The van der Waals surface area contributed by atoms with Gasteiger partial charge in [0.25, 0.3) is 0 Å². The zero-order valence-electron chi connectivity index (χ0n) is 13.6. The fourth-order valence-electron chi connectivity index (χ4n) is 2.66. The van der Waals surface area contributed by atoms with Crippen molar-refractivity contribution >= 4 is 35.6 Å². The summed E-state index contributed by atoms with van der Waals surface area (Å²) in [6.45, 7) is 6.31. The van der Waals surface area contributed by atoms with Gasteiger partial charge >= 0.3 is 0 Å². The highest BCUT2D eigenvalue weighted by Crippen LogP contribution is 2.20. The molecule has 0 atom stereocenters. The molecule has 130 valence electrons. The predicted octanol–water partition coefficient (Wildman–Crippen LogP) is 1.61. The van der Waals surface area contributed by atoms with Crippen molar-refractivity contribution in [2.45, 2.75) is 6.42 Å². The molecule has 0 radical (unpaired) electrons. The van der Waals surface area contributed by atoms with E-state index in [4.69, 9.17) is 11.6 Å². The van der Waals surface area contributed by atoms with E-state index in [0.717, 1.165) is 50.7 Å². The van der Waals surface area contributed by atoms with Crippen LogP contribution in [-0.2, 0) is 4.79 Å². The van der Waals surface area contributed by atoms with Crippen molar-refractivity contribution in [1.29, 1.82) is 0 Å². The SMILES string of the molecule is CNCC(=O)NCCCN1CCN(c2cccc(Cl)c2)CC1.Cl. The van der Waals surface area contributed by atoms with Crippen LogP contribution in [0.25, 0.3) is 0 Å². The first-order valence-corrected chi connectivity index (χ1v) is 8.21. The van der Waals surface area contributed by atoms with E-state index < -0.39 is 0 Å². The van der Waals surface area contributed by atoms with E-state index in [9.17, 15) is 4.79 Å². The van der Waals surface area contributed by atoms with Gasteiger partial charge in [-0.15, -0.1) is 12.4 Å². The van der Waals surface area contributed by atoms with Crippen LogP contribution in [0.3, 0.4) is 0 Å². The minimum Gasteiger partial charge on any atom is -0.369 e. The van der Waals surface area contributed by atoms with Gasteiger partial charge in [0.15, 0.2) is 0 Å². The number of nitrogens with one attached hydrogen (secondary N) is 2. The minimum absolute atomic E-state index is 0. The van der Waals surface area contributed by atoms with E-state index in [1.807, 2.05) is 18.2 Å². The highest BCUT2D eigenvalue weighted by molar-refractivity contribution is 6.30. The number of carbonyl (C=O) groups excluding carboxylic acids is 1. The standard InChI is InChI=1S/C16H25ClN4O.ClH/c1-18-13-16(22)19-6-3-7-20-8-10-21(11-9-20)15-5-2-4-14(17)12-15;/h2,4-5,12,18H,3,6-11,13H2,1H3,(H,19,22);1H. The van der Waals surface area contributed by atoms with Gasteiger partial charge in [0.2, 0.25) is 5.91 Å². The molecule has 2 rings (SSSR count). The lowest BCUT2D eigenvalue weighted by Crippen LogP contribution is -2.47. The van der Waals surface area contributed by atoms with Crippen LogP contribution in [0.2, 0.25) is 5.02 Å². The summed E-state index contributed by atoms with van der Waals surface area (Å²) in [6.07, 6.45) is 0.993. The summed E-state index contributed by atoms with van der Waals surface area (Å²) in [5, 5.41) is 6.54. The molecule has 1 amide bonds. The summed E-state index contributed by atoms with van der Waals surface area (Å²) in [7, 11) is 1.78. The van der Waals surface area contributed by atoms with Crippen LogP contribution in [0, 0.1) is 0 Å². The number of amides is 1. The Morgan fingerprint density at radius 2 is 2.00 bits per heavy atom. The molecule has 1 aliphatic heterocycles. The van der Waals surface area contributed by atoms with Gasteiger partial charge in [0.05, 0.1) is 6.54 Å². The maximum Gasteiger partial charge on any atom is 0.233 e. The Morgan fingerprint density at radius 1 is 1.26 bits per heavy atom. The average Bonchev–Trinajstić information content (AvgIpc) is 2.52. The lowest BCUT2D eigenvalue weighted by atomic mass is 10.2. The highest BCUT2D eigenvalue weighted by Gasteiger charge is 2.16. The second kappa shape index (κ2) is 10.7. The van der Waals surface area contributed by atoms with Crippen molar-refractivity contribution in [3.63, 3.8) is 0 Å². The number of hydrogen-bond acceptors (Lipinski definition) is 4. The first kappa shape index (κ1) is 20.0. The molecule has 1 fully saturated rings. The Kier molecular flexibility index (Phi) is 9.33. The average molecular weight is 361 g/mol. The van der Waals surface area contributed by atoms with Gasteiger partial charge < -0.3 is 15.5 Å². The predicted molar refractivity (Wildman–Crippen MR) is 98.9 cm³/mol. The van der Waals surface area contributed by atoms with Crippen LogP contribution < -0.4 is 15.5 Å². The molecule has 5 nitrogen and oxygen atoms in total. The maximum atomic E-state index is 11.3. The smallest absolute Gasteiger partial charge is 0.233 e. The largest absolute Gasteiger partial charge is 0.369 e. The molecule has 1 aliphatic rings. The van der Waals surface area contributed by atoms with Crippen LogP contribution in [-0.4, -0.2) is 63.7 Å². The van der Waals surface area contributed by atoms with Crippen LogP contribution in [0.1, 0.15) is 6.42 Å². The van der Waals surface area contributed by atoms with Gasteiger partial charge in [-0.3, -0.25) is 9.69 Å². The lowest BCUT2D eigenvalue weighted by molar-refractivity contribution is -0.120. The first-order valence-electron chi connectivity index (χ1n) is 7.83. The lowest BCUT2D eigenvalue weighted by Gasteiger charge is -2.36. The van der Waals surface area contributed by atoms with E-state index in [0.29, 0.717) is 6.54 Å². The third-order valence-electron chi connectivity index (χ3n) is 3.86. The van der Waals surface area contributed by atoms with Gasteiger partial charge in [-0.05, 0) is 38.2 Å². The minimum atomic E-state index is 0. The number of piperazine rings is 1. The van der Waals surface area contributed by atoms with Crippen LogP contribution in [0.15, 0.2) is 24.3 Å². The number of nitrogens with zero attached hydrogens (tertiary/aromatic N) is 2. The molecule has 0 bridgehead atoms. The molecular weight excluding hydrogens is 335 g/mol. The number of likely N-dealkylation sites (N-methyl/N-ethyl adjacent to an activating group) is 1. The molecule has 7 heteroatoms. The third-order valence-corrected chi connectivity index (χ3v) is 4.09. The fourth-order valence-corrected chi connectivity index (χ4v) is 2.84. The highest BCUT2D eigenvalue weighted by atomic mass is 35.5. The van der Waals surface area contributed by atoms with Gasteiger partial charge in [-0.25, -0.2) is 0 Å². The van der Waals surface area contributed by atoms with Crippen molar-refractivity contribution in [3.05, 3.63) is 29.3 Å². The topological polar surface area (TPSA) is 47.6 Å². The fraction of sp³-hybridized carbons (Fsp3) is 0.562. The van der Waals surface area contributed by atoms with Crippen LogP contribution in [0.4, 0.5) is 5.69 Å². The molecule has 2 N–H and O–H groups in total. The zero-order valence-corrected chi connectivity index (χ0v) is 15.1. The number of hydrogen-bond donors (Lipinski definition) is 2. The zero-order chi connectivity index (χ0) is 15.8. The van der Waals surface area contributed by atoms with Crippen molar-refractivity contribution in [3.8, 4) is 0 Å². The molecular formula is C16H26Cl2N4O. The monoisotopic (exact) mass is 360 g/mol. The van der Waals surface area contributed by atoms with E-state index >= 15 is 0 Å². The number of benzene rings is 1. The van der Waals surface area contributed by atoms with E-state index in [1.54, 1.807) is 7.05 Å². The molecule has 23 heavy (non-hydrogen) atoms. The number of anilines is 1. The summed E-state index contributed by atoms with van der Waals surface area (Å²) >= 11 is 6.05. The number of rotatable bonds is 7. The second-order valence-corrected chi connectivity index (χ2v) is 5.98. The van der Waals surface area contributed by atoms with Gasteiger partial charge in [-0.2, -0.15) is 0 Å². The molecule has 0 aliphatic carbocycles. The Hall–Kier alpha value is -1.01. The maximum absolute atomic E-state index is 11.3. The molecule has 1 aromatic carbocycles. The molecule has 0 saturated carbocycles. The summed E-state index contributed by atoms with van der Waals surface area (Å²) in [5.74, 6) is 0.0632. The Labute approximate surface area is 149 Å². The Morgan fingerprint density at radius 3 is 2.65 bits per heavy atom. The molecule has 1 heterocycles. The summed E-state index contributed by atoms with van der Waals surface area (Å²) in [6, 6.07) is 8.04. The van der Waals surface area contributed by atoms with Crippen molar-refractivity contribution in [2.24, 2.45) is 0 Å². The van der Waals surface area contributed by atoms with E-state index in [2.05, 4.69) is 26.5 Å². The van der Waals surface area contributed by atoms with Crippen molar-refractivity contribution < 1.29 is 4.79 Å². The number of carbonyl (C=O) groups is 1. The molecule has 0 spiro atoms. The van der Waals surface area contributed by atoms with E-state index in [-0.39, 0.29) is 18.3 Å². The second-order valence-electron chi connectivity index (χ2n) is 5.54. The quantitative estimate of drug-likeness (QED) is 0.725. The van der Waals surface area contributed by atoms with Gasteiger partial charge in [0.1, 0.15) is 0 Å². The van der Waals surface area contributed by atoms with Crippen LogP contribution in [0.5, 0.6) is 0 Å². The number of halogens is 2. The molecule has 0 unspecified atom stereocenters. The van der Waals surface area contributed by atoms with Gasteiger partial charge in [0, 0.05) is 43.4 Å². The van der Waals surface area contributed by atoms with Crippen molar-refractivity contribution in [1.82, 2.24) is 15.5 Å². The Balaban J connectivity index is 0.00000264. The first-order chi connectivity index (χ1) is 10.7. The summed E-state index contributed by atoms with van der Waals surface area (Å²) in [4.78, 5) is 16.1.